The van der Waals surface area contributed by atoms with E-state index in [1.807, 2.05) is 0 Å². The molecule has 14 heavy (non-hydrogen) atoms. The van der Waals surface area contributed by atoms with Crippen molar-refractivity contribution in [3.05, 3.63) is 15.1 Å². The average molecular weight is 305 g/mol. The molecule has 0 saturated heterocycles. The van der Waals surface area contributed by atoms with E-state index in [0.29, 0.717) is 24.2 Å². The third-order valence-electron chi connectivity index (χ3n) is 2.19. The monoisotopic (exact) mass is 305 g/mol. The van der Waals surface area contributed by atoms with Crippen molar-refractivity contribution >= 4 is 28.4 Å². The molecule has 5 heteroatoms. The zero-order chi connectivity index (χ0) is 10.1. The van der Waals surface area contributed by atoms with Gasteiger partial charge < -0.3 is 10.5 Å². The van der Waals surface area contributed by atoms with Gasteiger partial charge >= 0.3 is 0 Å². The quantitative estimate of drug-likeness (QED) is 0.863. The van der Waals surface area contributed by atoms with Crippen molar-refractivity contribution in [3.63, 3.8) is 0 Å². The summed E-state index contributed by atoms with van der Waals surface area (Å²) in [7, 11) is 1.63. The van der Waals surface area contributed by atoms with Gasteiger partial charge in [0.2, 0.25) is 0 Å². The zero-order valence-electron chi connectivity index (χ0n) is 7.96. The zero-order valence-corrected chi connectivity index (χ0v) is 10.1. The molecule has 1 aliphatic carbocycles. The van der Waals surface area contributed by atoms with Crippen LogP contribution in [0.1, 0.15) is 30.3 Å². The minimum absolute atomic E-state index is 0.431. The summed E-state index contributed by atoms with van der Waals surface area (Å²) in [5.74, 6) is 1.87. The fourth-order valence-corrected chi connectivity index (χ4v) is 2.03. The summed E-state index contributed by atoms with van der Waals surface area (Å²) in [4.78, 5) is 8.63. The number of hydrogen-bond acceptors (Lipinski definition) is 4. The van der Waals surface area contributed by atoms with Crippen molar-refractivity contribution in [2.24, 2.45) is 0 Å². The minimum Gasteiger partial charge on any atom is -0.383 e. The van der Waals surface area contributed by atoms with Gasteiger partial charge in [-0.25, -0.2) is 9.97 Å². The molecule has 0 amide bonds. The van der Waals surface area contributed by atoms with Crippen molar-refractivity contribution in [1.29, 1.82) is 0 Å². The van der Waals surface area contributed by atoms with Gasteiger partial charge in [-0.3, -0.25) is 0 Å². The van der Waals surface area contributed by atoms with Gasteiger partial charge in [0.15, 0.2) is 5.82 Å². The Hall–Kier alpha value is -0.430. The molecule has 0 spiro atoms. The van der Waals surface area contributed by atoms with Crippen molar-refractivity contribution < 1.29 is 4.74 Å². The fraction of sp³-hybridized carbons (Fsp3) is 0.556. The van der Waals surface area contributed by atoms with Crippen molar-refractivity contribution in [3.8, 4) is 0 Å². The van der Waals surface area contributed by atoms with E-state index in [2.05, 4.69) is 32.6 Å². The number of nitrogens with zero attached hydrogens (tertiary/aromatic N) is 2. The Kier molecular flexibility index (Phi) is 2.87. The standard InChI is InChI=1S/C9H12IN3O/c1-14-4-6-12-8(5-2-3-5)7(10)9(11)13-6/h5H,2-4H2,1H3,(H2,11,12,13). The molecule has 0 aliphatic heterocycles. The minimum atomic E-state index is 0.431. The first-order chi connectivity index (χ1) is 6.72. The third kappa shape index (κ3) is 1.98. The van der Waals surface area contributed by atoms with E-state index >= 15 is 0 Å². The van der Waals surface area contributed by atoms with E-state index in [9.17, 15) is 0 Å². The highest BCUT2D eigenvalue weighted by Crippen LogP contribution is 2.41. The number of nitrogens with two attached hydrogens (primary N) is 1. The smallest absolute Gasteiger partial charge is 0.156 e. The van der Waals surface area contributed by atoms with Crippen LogP contribution < -0.4 is 5.73 Å². The summed E-state index contributed by atoms with van der Waals surface area (Å²) in [5.41, 5.74) is 6.91. The topological polar surface area (TPSA) is 61.0 Å². The van der Waals surface area contributed by atoms with Crippen LogP contribution in [-0.4, -0.2) is 17.1 Å². The summed E-state index contributed by atoms with van der Waals surface area (Å²) < 4.78 is 6.00. The van der Waals surface area contributed by atoms with Gasteiger partial charge in [0, 0.05) is 13.0 Å². The molecule has 4 nitrogen and oxygen atoms in total. The highest BCUT2D eigenvalue weighted by molar-refractivity contribution is 14.1. The summed E-state index contributed by atoms with van der Waals surface area (Å²) in [6.07, 6.45) is 2.44. The number of aromatic nitrogens is 2. The van der Waals surface area contributed by atoms with Crippen LogP contribution in [0.3, 0.4) is 0 Å². The maximum Gasteiger partial charge on any atom is 0.156 e. The number of anilines is 1. The van der Waals surface area contributed by atoms with Crippen molar-refractivity contribution in [2.75, 3.05) is 12.8 Å². The lowest BCUT2D eigenvalue weighted by Crippen LogP contribution is -2.07. The molecule has 2 N–H and O–H groups in total. The summed E-state index contributed by atoms with van der Waals surface area (Å²) in [5, 5.41) is 0. The molecular weight excluding hydrogens is 293 g/mol. The number of nitrogen functional groups attached to an aromatic ring is 1. The molecule has 1 saturated carbocycles. The molecule has 0 aromatic carbocycles. The lowest BCUT2D eigenvalue weighted by molar-refractivity contribution is 0.177. The predicted octanol–water partition coefficient (Wildman–Crippen LogP) is 1.69. The summed E-state index contributed by atoms with van der Waals surface area (Å²) in [6, 6.07) is 0. The maximum atomic E-state index is 5.80. The molecule has 1 fully saturated rings. The first kappa shape index (κ1) is 10.1. The molecular formula is C9H12IN3O. The van der Waals surface area contributed by atoms with Crippen LogP contribution in [0.2, 0.25) is 0 Å². The van der Waals surface area contributed by atoms with E-state index in [0.717, 1.165) is 9.26 Å². The van der Waals surface area contributed by atoms with Gasteiger partial charge in [0.25, 0.3) is 0 Å². The van der Waals surface area contributed by atoms with E-state index in [4.69, 9.17) is 10.5 Å². The molecule has 0 bridgehead atoms. The van der Waals surface area contributed by atoms with Crippen LogP contribution in [0, 0.1) is 3.57 Å². The molecule has 76 valence electrons. The fourth-order valence-electron chi connectivity index (χ4n) is 1.35. The van der Waals surface area contributed by atoms with Gasteiger partial charge in [0.05, 0.1) is 9.26 Å². The molecule has 0 atom stereocenters. The van der Waals surface area contributed by atoms with Crippen LogP contribution in [-0.2, 0) is 11.3 Å². The van der Waals surface area contributed by atoms with Gasteiger partial charge in [-0.2, -0.15) is 0 Å². The van der Waals surface area contributed by atoms with Crippen LogP contribution in [0.25, 0.3) is 0 Å². The Labute approximate surface area is 96.4 Å². The van der Waals surface area contributed by atoms with Gasteiger partial charge in [-0.05, 0) is 35.4 Å². The van der Waals surface area contributed by atoms with Crippen LogP contribution >= 0.6 is 22.6 Å². The first-order valence-corrected chi connectivity index (χ1v) is 5.61. The van der Waals surface area contributed by atoms with Gasteiger partial charge in [-0.15, -0.1) is 0 Å². The lowest BCUT2D eigenvalue weighted by Gasteiger charge is -2.07. The van der Waals surface area contributed by atoms with Crippen LogP contribution in [0.4, 0.5) is 5.82 Å². The predicted molar refractivity (Wildman–Crippen MR) is 61.8 cm³/mol. The van der Waals surface area contributed by atoms with Gasteiger partial charge in [-0.1, -0.05) is 0 Å². The molecule has 2 rings (SSSR count). The van der Waals surface area contributed by atoms with Gasteiger partial charge in [0.1, 0.15) is 12.4 Å². The molecule has 0 unspecified atom stereocenters. The largest absolute Gasteiger partial charge is 0.383 e. The first-order valence-electron chi connectivity index (χ1n) is 4.53. The second-order valence-corrected chi connectivity index (χ2v) is 4.51. The summed E-state index contributed by atoms with van der Waals surface area (Å²) in [6.45, 7) is 0.431. The lowest BCUT2D eigenvalue weighted by atomic mass is 10.3. The Morgan fingerprint density at radius 3 is 2.79 bits per heavy atom. The third-order valence-corrected chi connectivity index (χ3v) is 3.29. The highest BCUT2D eigenvalue weighted by atomic mass is 127. The van der Waals surface area contributed by atoms with E-state index in [1.165, 1.54) is 12.8 Å². The molecule has 1 heterocycles. The van der Waals surface area contributed by atoms with E-state index in [-0.39, 0.29) is 0 Å². The highest BCUT2D eigenvalue weighted by Gasteiger charge is 2.28. The Balaban J connectivity index is 2.36. The number of methoxy groups -OCH3 is 1. The maximum absolute atomic E-state index is 5.80. The second kappa shape index (κ2) is 3.98. The average Bonchev–Trinajstić information content (AvgIpc) is 2.94. The Morgan fingerprint density at radius 1 is 1.50 bits per heavy atom. The van der Waals surface area contributed by atoms with Crippen molar-refractivity contribution in [2.45, 2.75) is 25.4 Å². The second-order valence-electron chi connectivity index (χ2n) is 3.43. The SMILES string of the molecule is COCc1nc(N)c(I)c(C2CC2)n1. The van der Waals surface area contributed by atoms with E-state index < -0.39 is 0 Å². The van der Waals surface area contributed by atoms with Crippen LogP contribution in [0.5, 0.6) is 0 Å². The molecule has 1 aromatic rings. The number of rotatable bonds is 3. The Morgan fingerprint density at radius 2 is 2.21 bits per heavy atom. The van der Waals surface area contributed by atoms with E-state index in [1.54, 1.807) is 7.11 Å². The molecule has 0 radical (unpaired) electrons. The van der Waals surface area contributed by atoms with Crippen LogP contribution in [0.15, 0.2) is 0 Å². The molecule has 1 aromatic heterocycles. The molecule has 1 aliphatic rings. The number of hydrogen-bond donors (Lipinski definition) is 1. The van der Waals surface area contributed by atoms with Crippen molar-refractivity contribution in [1.82, 2.24) is 9.97 Å². The Bertz CT molecular complexity index is 352. The number of halogens is 1. The normalized spacial score (nSPS) is 15.9. The summed E-state index contributed by atoms with van der Waals surface area (Å²) >= 11 is 2.21. The number of ether oxygens (including phenoxy) is 1.